The summed E-state index contributed by atoms with van der Waals surface area (Å²) in [7, 11) is 1.84. The van der Waals surface area contributed by atoms with Crippen molar-refractivity contribution in [3.05, 3.63) is 29.7 Å². The first-order valence-electron chi connectivity index (χ1n) is 5.02. The van der Waals surface area contributed by atoms with E-state index in [1.807, 2.05) is 27.8 Å². The van der Waals surface area contributed by atoms with Crippen LogP contribution >= 0.6 is 0 Å². The molecule has 0 N–H and O–H groups in total. The molecule has 0 atom stereocenters. The molecule has 3 heteroatoms. The van der Waals surface area contributed by atoms with Crippen LogP contribution in [0.5, 0.6) is 0 Å². The number of halogens is 1. The van der Waals surface area contributed by atoms with E-state index in [0.717, 1.165) is 16.5 Å². The van der Waals surface area contributed by atoms with Crippen molar-refractivity contribution in [2.24, 2.45) is 7.05 Å². The first-order chi connectivity index (χ1) is 6.91. The highest BCUT2D eigenvalue weighted by molar-refractivity contribution is 5.83. The largest absolute Gasteiger partial charge is 0.268 e. The molecule has 0 fully saturated rings. The average Bonchev–Trinajstić information content (AvgIpc) is 2.46. The number of aromatic nitrogens is 2. The summed E-state index contributed by atoms with van der Waals surface area (Å²) in [4.78, 5) is 0. The summed E-state index contributed by atoms with van der Waals surface area (Å²) in [5, 5.41) is 5.15. The molecule has 0 aliphatic rings. The van der Waals surface area contributed by atoms with Crippen LogP contribution in [0.15, 0.2) is 18.3 Å². The molecule has 0 radical (unpaired) electrons. The molecule has 0 saturated heterocycles. The van der Waals surface area contributed by atoms with Gasteiger partial charge in [0.1, 0.15) is 5.82 Å². The Kier molecular flexibility index (Phi) is 2.07. The minimum absolute atomic E-state index is 0.154. The van der Waals surface area contributed by atoms with Crippen molar-refractivity contribution in [1.82, 2.24) is 9.78 Å². The molecule has 1 aromatic heterocycles. The maximum Gasteiger partial charge on any atom is 0.129 e. The third kappa shape index (κ3) is 1.52. The Balaban J connectivity index is 2.90. The minimum atomic E-state index is -0.211. The van der Waals surface area contributed by atoms with Gasteiger partial charge in [0, 0.05) is 18.0 Å². The molecule has 15 heavy (non-hydrogen) atoms. The third-order valence-corrected chi connectivity index (χ3v) is 2.60. The summed E-state index contributed by atoms with van der Waals surface area (Å²) < 4.78 is 15.6. The van der Waals surface area contributed by atoms with Gasteiger partial charge in [-0.05, 0) is 17.5 Å². The molecule has 0 spiro atoms. The van der Waals surface area contributed by atoms with Crippen LogP contribution < -0.4 is 0 Å². The van der Waals surface area contributed by atoms with Gasteiger partial charge in [-0.3, -0.25) is 4.68 Å². The van der Waals surface area contributed by atoms with Crippen LogP contribution in [0.4, 0.5) is 4.39 Å². The zero-order valence-electron chi connectivity index (χ0n) is 9.50. The molecule has 1 aromatic carbocycles. The number of hydrogen-bond donors (Lipinski definition) is 0. The van der Waals surface area contributed by atoms with Crippen molar-refractivity contribution >= 4 is 10.9 Å². The first-order valence-corrected chi connectivity index (χ1v) is 5.02. The molecule has 1 heterocycles. The predicted octanol–water partition coefficient (Wildman–Crippen LogP) is 3.01. The van der Waals surface area contributed by atoms with E-state index in [2.05, 4.69) is 5.10 Å². The highest BCUT2D eigenvalue weighted by Crippen LogP contribution is 2.31. The highest BCUT2D eigenvalue weighted by atomic mass is 19.1. The predicted molar refractivity (Wildman–Crippen MR) is 59.4 cm³/mol. The third-order valence-electron chi connectivity index (χ3n) is 2.60. The Morgan fingerprint density at radius 2 is 1.93 bits per heavy atom. The van der Waals surface area contributed by atoms with Gasteiger partial charge in [0.2, 0.25) is 0 Å². The first kappa shape index (κ1) is 10.1. The molecule has 2 nitrogen and oxygen atoms in total. The monoisotopic (exact) mass is 206 g/mol. The normalized spacial score (nSPS) is 12.3. The van der Waals surface area contributed by atoms with E-state index < -0.39 is 0 Å². The Hall–Kier alpha value is -1.38. The fourth-order valence-corrected chi connectivity index (χ4v) is 1.96. The number of benzene rings is 1. The molecular formula is C12H15FN2. The molecule has 2 rings (SSSR count). The van der Waals surface area contributed by atoms with Gasteiger partial charge in [-0.25, -0.2) is 4.39 Å². The van der Waals surface area contributed by atoms with Gasteiger partial charge >= 0.3 is 0 Å². The van der Waals surface area contributed by atoms with Gasteiger partial charge in [-0.2, -0.15) is 5.10 Å². The molecule has 0 aliphatic carbocycles. The maximum absolute atomic E-state index is 13.8. The summed E-state index contributed by atoms with van der Waals surface area (Å²) in [6.07, 6.45) is 1.77. The van der Waals surface area contributed by atoms with E-state index in [0.29, 0.717) is 0 Å². The Bertz CT molecular complexity index is 506. The molecule has 0 bridgehead atoms. The second-order valence-electron chi connectivity index (χ2n) is 4.88. The fraction of sp³-hybridized carbons (Fsp3) is 0.417. The van der Waals surface area contributed by atoms with Crippen molar-refractivity contribution in [2.75, 3.05) is 0 Å². The lowest BCUT2D eigenvalue weighted by atomic mass is 9.85. The van der Waals surface area contributed by atoms with E-state index in [-0.39, 0.29) is 11.2 Å². The van der Waals surface area contributed by atoms with Crippen molar-refractivity contribution < 1.29 is 4.39 Å². The van der Waals surface area contributed by atoms with Gasteiger partial charge in [0.25, 0.3) is 0 Å². The van der Waals surface area contributed by atoms with Crippen LogP contribution in [0, 0.1) is 5.82 Å². The van der Waals surface area contributed by atoms with Crippen molar-refractivity contribution in [1.29, 1.82) is 0 Å². The quantitative estimate of drug-likeness (QED) is 0.648. The molecule has 0 aliphatic heterocycles. The summed E-state index contributed by atoms with van der Waals surface area (Å²) in [6, 6.07) is 3.29. The summed E-state index contributed by atoms with van der Waals surface area (Å²) in [5.74, 6) is -0.154. The van der Waals surface area contributed by atoms with Crippen molar-refractivity contribution in [3.63, 3.8) is 0 Å². The average molecular weight is 206 g/mol. The second-order valence-corrected chi connectivity index (χ2v) is 4.88. The highest BCUT2D eigenvalue weighted by Gasteiger charge is 2.23. The van der Waals surface area contributed by atoms with Crippen LogP contribution in [0.2, 0.25) is 0 Å². The van der Waals surface area contributed by atoms with E-state index in [9.17, 15) is 4.39 Å². The van der Waals surface area contributed by atoms with Crippen molar-refractivity contribution in [2.45, 2.75) is 26.2 Å². The fourth-order valence-electron chi connectivity index (χ4n) is 1.96. The van der Waals surface area contributed by atoms with E-state index >= 15 is 0 Å². The zero-order valence-corrected chi connectivity index (χ0v) is 9.50. The van der Waals surface area contributed by atoms with Gasteiger partial charge in [-0.15, -0.1) is 0 Å². The summed E-state index contributed by atoms with van der Waals surface area (Å²) >= 11 is 0. The molecule has 80 valence electrons. The molecule has 2 aromatic rings. The number of rotatable bonds is 0. The van der Waals surface area contributed by atoms with Gasteiger partial charge in [0.05, 0.1) is 11.7 Å². The van der Waals surface area contributed by atoms with E-state index in [1.165, 1.54) is 6.07 Å². The molecular weight excluding hydrogens is 191 g/mol. The Morgan fingerprint density at radius 1 is 1.27 bits per heavy atom. The topological polar surface area (TPSA) is 17.8 Å². The Morgan fingerprint density at radius 3 is 2.53 bits per heavy atom. The summed E-state index contributed by atoms with van der Waals surface area (Å²) in [6.45, 7) is 6.04. The van der Waals surface area contributed by atoms with Crippen LogP contribution in [0.25, 0.3) is 10.9 Å². The SMILES string of the molecule is Cn1ncc2ccc(F)c(C(C)(C)C)c21. The van der Waals surface area contributed by atoms with Gasteiger partial charge in [0.15, 0.2) is 0 Å². The molecule has 0 saturated carbocycles. The van der Waals surface area contributed by atoms with Crippen LogP contribution in [0.1, 0.15) is 26.3 Å². The molecule has 0 unspecified atom stereocenters. The summed E-state index contributed by atoms with van der Waals surface area (Å²) in [5.41, 5.74) is 1.42. The van der Waals surface area contributed by atoms with Gasteiger partial charge < -0.3 is 0 Å². The van der Waals surface area contributed by atoms with E-state index in [4.69, 9.17) is 0 Å². The minimum Gasteiger partial charge on any atom is -0.268 e. The van der Waals surface area contributed by atoms with Gasteiger partial charge in [-0.1, -0.05) is 20.8 Å². The van der Waals surface area contributed by atoms with E-state index in [1.54, 1.807) is 16.9 Å². The standard InChI is InChI=1S/C12H15FN2/c1-12(2,3)10-9(13)6-5-8-7-14-15(4)11(8)10/h5-7H,1-4H3. The maximum atomic E-state index is 13.8. The van der Waals surface area contributed by atoms with Crippen LogP contribution in [-0.2, 0) is 12.5 Å². The lowest BCUT2D eigenvalue weighted by molar-refractivity contribution is 0.525. The van der Waals surface area contributed by atoms with Crippen LogP contribution in [-0.4, -0.2) is 9.78 Å². The van der Waals surface area contributed by atoms with Crippen LogP contribution in [0.3, 0.4) is 0 Å². The second kappa shape index (κ2) is 3.05. The number of hydrogen-bond acceptors (Lipinski definition) is 1. The zero-order chi connectivity index (χ0) is 11.2. The number of aryl methyl sites for hydroxylation is 1. The smallest absolute Gasteiger partial charge is 0.129 e. The number of fused-ring (bicyclic) bond motifs is 1. The number of nitrogens with zero attached hydrogens (tertiary/aromatic N) is 2. The lowest BCUT2D eigenvalue weighted by Gasteiger charge is -2.21. The van der Waals surface area contributed by atoms with Crippen molar-refractivity contribution in [3.8, 4) is 0 Å². The Labute approximate surface area is 88.7 Å². The lowest BCUT2D eigenvalue weighted by Crippen LogP contribution is -2.15. The molecule has 0 amide bonds.